The maximum atomic E-state index is 8.90. The van der Waals surface area contributed by atoms with E-state index in [1.165, 1.54) is 0 Å². The lowest BCUT2D eigenvalue weighted by Crippen LogP contribution is -2.23. The quantitative estimate of drug-likeness (QED) is 0.889. The van der Waals surface area contributed by atoms with E-state index in [2.05, 4.69) is 10.3 Å². The zero-order valence-corrected chi connectivity index (χ0v) is 11.8. The van der Waals surface area contributed by atoms with Gasteiger partial charge in [0.05, 0.1) is 5.69 Å². The summed E-state index contributed by atoms with van der Waals surface area (Å²) in [7, 11) is 0. The zero-order valence-electron chi connectivity index (χ0n) is 9.39. The minimum absolute atomic E-state index is 0. The first-order chi connectivity index (χ1) is 7.72. The lowest BCUT2D eigenvalue weighted by atomic mass is 10.2. The molecule has 0 saturated heterocycles. The zero-order chi connectivity index (χ0) is 11.5. The predicted molar refractivity (Wildman–Crippen MR) is 73.3 cm³/mol. The molecule has 1 unspecified atom stereocenters. The Kier molecular flexibility index (Phi) is 5.69. The van der Waals surface area contributed by atoms with Gasteiger partial charge in [0.15, 0.2) is 10.1 Å². The molecule has 2 aromatic heterocycles. The smallest absolute Gasteiger partial charge is 0.195 e. The number of hydrogen-bond acceptors (Lipinski definition) is 4. The van der Waals surface area contributed by atoms with Gasteiger partial charge < -0.3 is 10.4 Å². The third-order valence-electron chi connectivity index (χ3n) is 2.41. The van der Waals surface area contributed by atoms with E-state index in [1.54, 1.807) is 11.3 Å². The molecule has 0 aromatic carbocycles. The molecule has 0 spiro atoms. The van der Waals surface area contributed by atoms with E-state index in [0.717, 1.165) is 17.2 Å². The van der Waals surface area contributed by atoms with Crippen molar-refractivity contribution in [1.82, 2.24) is 14.7 Å². The number of aliphatic hydroxyl groups excluding tert-OH is 1. The summed E-state index contributed by atoms with van der Waals surface area (Å²) >= 11 is 7.61. The number of halogens is 2. The number of nitrogens with zero attached hydrogens (tertiary/aromatic N) is 2. The number of imidazole rings is 1. The second-order valence-electron chi connectivity index (χ2n) is 3.82. The van der Waals surface area contributed by atoms with Gasteiger partial charge in [-0.1, -0.05) is 18.5 Å². The fourth-order valence-corrected chi connectivity index (χ4v) is 2.49. The number of thiazole rings is 1. The van der Waals surface area contributed by atoms with Gasteiger partial charge in [-0.3, -0.25) is 4.40 Å². The van der Waals surface area contributed by atoms with Gasteiger partial charge in [0.25, 0.3) is 0 Å². The Morgan fingerprint density at radius 1 is 1.65 bits per heavy atom. The third kappa shape index (κ3) is 3.33. The summed E-state index contributed by atoms with van der Waals surface area (Å²) in [4.78, 5) is 5.16. The molecule has 1 atom stereocenters. The van der Waals surface area contributed by atoms with Crippen molar-refractivity contribution in [2.45, 2.75) is 13.5 Å². The van der Waals surface area contributed by atoms with Gasteiger partial charge in [0.2, 0.25) is 0 Å². The van der Waals surface area contributed by atoms with Crippen LogP contribution in [-0.2, 0) is 6.54 Å². The second kappa shape index (κ2) is 6.56. The van der Waals surface area contributed by atoms with Gasteiger partial charge in [0, 0.05) is 31.3 Å². The van der Waals surface area contributed by atoms with Gasteiger partial charge in [-0.15, -0.1) is 23.7 Å². The Balaban J connectivity index is 0.00000144. The first kappa shape index (κ1) is 14.7. The SMILES string of the molecule is CC(CO)CNCc1c(Cl)nc2sccn12.Cl. The van der Waals surface area contributed by atoms with Crippen LogP contribution >= 0.6 is 35.3 Å². The Bertz CT molecular complexity index is 471. The molecule has 0 aliphatic rings. The standard InChI is InChI=1S/C10H14ClN3OS.ClH/c1-7(6-15)4-12-5-8-9(11)13-10-14(8)2-3-16-10;/h2-3,7,12,15H,4-6H2,1H3;1H. The molecule has 0 aliphatic carbocycles. The Morgan fingerprint density at radius 2 is 2.41 bits per heavy atom. The van der Waals surface area contributed by atoms with E-state index in [9.17, 15) is 0 Å². The third-order valence-corrected chi connectivity index (χ3v) is 3.47. The minimum atomic E-state index is 0. The predicted octanol–water partition coefficient (Wildman–Crippen LogP) is 2.19. The first-order valence-corrected chi connectivity index (χ1v) is 6.39. The first-order valence-electron chi connectivity index (χ1n) is 5.14. The molecular formula is C10H15Cl2N3OS. The van der Waals surface area contributed by atoms with E-state index < -0.39 is 0 Å². The van der Waals surface area contributed by atoms with Crippen molar-refractivity contribution in [3.8, 4) is 0 Å². The number of hydrogen-bond donors (Lipinski definition) is 2. The topological polar surface area (TPSA) is 49.6 Å². The molecule has 0 saturated carbocycles. The van der Waals surface area contributed by atoms with Gasteiger partial charge >= 0.3 is 0 Å². The minimum Gasteiger partial charge on any atom is -0.396 e. The molecule has 17 heavy (non-hydrogen) atoms. The maximum Gasteiger partial charge on any atom is 0.195 e. The average Bonchev–Trinajstić information content (AvgIpc) is 2.81. The van der Waals surface area contributed by atoms with E-state index in [4.69, 9.17) is 16.7 Å². The summed E-state index contributed by atoms with van der Waals surface area (Å²) in [5, 5.41) is 14.7. The maximum absolute atomic E-state index is 8.90. The van der Waals surface area contributed by atoms with Crippen LogP contribution in [0.5, 0.6) is 0 Å². The van der Waals surface area contributed by atoms with Crippen LogP contribution in [-0.4, -0.2) is 27.6 Å². The Morgan fingerprint density at radius 3 is 3.12 bits per heavy atom. The van der Waals surface area contributed by atoms with Gasteiger partial charge in [0.1, 0.15) is 0 Å². The van der Waals surface area contributed by atoms with E-state index >= 15 is 0 Å². The number of aromatic nitrogens is 2. The molecule has 2 heterocycles. The molecule has 0 fully saturated rings. The van der Waals surface area contributed by atoms with Crippen molar-refractivity contribution in [3.63, 3.8) is 0 Å². The summed E-state index contributed by atoms with van der Waals surface area (Å²) in [5.74, 6) is 0.254. The fraction of sp³-hybridized carbons (Fsp3) is 0.500. The van der Waals surface area contributed by atoms with Crippen LogP contribution in [0.2, 0.25) is 5.15 Å². The normalized spacial score (nSPS) is 12.6. The lowest BCUT2D eigenvalue weighted by Gasteiger charge is -2.08. The molecule has 2 aromatic rings. The number of fused-ring (bicyclic) bond motifs is 1. The molecule has 0 radical (unpaired) electrons. The van der Waals surface area contributed by atoms with Crippen molar-refractivity contribution in [1.29, 1.82) is 0 Å². The number of aliphatic hydroxyl groups is 1. The van der Waals surface area contributed by atoms with Crippen molar-refractivity contribution in [2.75, 3.05) is 13.2 Å². The van der Waals surface area contributed by atoms with Crippen molar-refractivity contribution < 1.29 is 5.11 Å². The highest BCUT2D eigenvalue weighted by molar-refractivity contribution is 7.15. The van der Waals surface area contributed by atoms with Crippen LogP contribution in [0, 0.1) is 5.92 Å². The highest BCUT2D eigenvalue weighted by Gasteiger charge is 2.10. The molecule has 0 aliphatic heterocycles. The van der Waals surface area contributed by atoms with E-state index in [0.29, 0.717) is 11.7 Å². The summed E-state index contributed by atoms with van der Waals surface area (Å²) < 4.78 is 1.99. The lowest BCUT2D eigenvalue weighted by molar-refractivity contribution is 0.233. The van der Waals surface area contributed by atoms with Crippen LogP contribution in [0.3, 0.4) is 0 Å². The van der Waals surface area contributed by atoms with Gasteiger partial charge in [-0.25, -0.2) is 4.98 Å². The van der Waals surface area contributed by atoms with Crippen LogP contribution in [0.15, 0.2) is 11.6 Å². The molecule has 0 bridgehead atoms. The van der Waals surface area contributed by atoms with Crippen LogP contribution in [0.4, 0.5) is 0 Å². The highest BCUT2D eigenvalue weighted by Crippen LogP contribution is 2.20. The molecule has 4 nitrogen and oxygen atoms in total. The summed E-state index contributed by atoms with van der Waals surface area (Å²) in [6.45, 7) is 3.62. The van der Waals surface area contributed by atoms with Crippen LogP contribution < -0.4 is 5.32 Å². The average molecular weight is 296 g/mol. The van der Waals surface area contributed by atoms with Gasteiger partial charge in [-0.05, 0) is 5.92 Å². The monoisotopic (exact) mass is 295 g/mol. The molecule has 7 heteroatoms. The van der Waals surface area contributed by atoms with Crippen LogP contribution in [0.25, 0.3) is 4.96 Å². The largest absolute Gasteiger partial charge is 0.396 e. The fourth-order valence-electron chi connectivity index (χ4n) is 1.47. The Labute approximate surface area is 115 Å². The molecule has 2 rings (SSSR count). The summed E-state index contributed by atoms with van der Waals surface area (Å²) in [5.41, 5.74) is 0.975. The molecule has 2 N–H and O–H groups in total. The van der Waals surface area contributed by atoms with Crippen LogP contribution in [0.1, 0.15) is 12.6 Å². The number of nitrogens with one attached hydrogen (secondary N) is 1. The highest BCUT2D eigenvalue weighted by atomic mass is 35.5. The van der Waals surface area contributed by atoms with E-state index in [-0.39, 0.29) is 24.9 Å². The van der Waals surface area contributed by atoms with Crippen molar-refractivity contribution in [3.05, 3.63) is 22.4 Å². The van der Waals surface area contributed by atoms with Gasteiger partial charge in [-0.2, -0.15) is 0 Å². The number of rotatable bonds is 5. The van der Waals surface area contributed by atoms with Crippen molar-refractivity contribution >= 4 is 40.3 Å². The summed E-state index contributed by atoms with van der Waals surface area (Å²) in [6.07, 6.45) is 1.96. The van der Waals surface area contributed by atoms with Crippen molar-refractivity contribution in [2.24, 2.45) is 5.92 Å². The second-order valence-corrected chi connectivity index (χ2v) is 5.05. The molecule has 0 amide bonds. The molecular weight excluding hydrogens is 281 g/mol. The summed E-state index contributed by atoms with van der Waals surface area (Å²) in [6, 6.07) is 0. The Hall–Kier alpha value is -0.330. The van der Waals surface area contributed by atoms with E-state index in [1.807, 2.05) is 22.9 Å². The molecule has 96 valence electrons.